The minimum absolute atomic E-state index is 0.0111. The van der Waals surface area contributed by atoms with Gasteiger partial charge in [-0.25, -0.2) is 18.6 Å². The van der Waals surface area contributed by atoms with Gasteiger partial charge in [-0.15, -0.1) is 0 Å². The SMILES string of the molecule is COCCOC(=O)NC1CCN(c2cncc(-c3ccccc3C(F)F)n2)CC1. The van der Waals surface area contributed by atoms with Crippen LogP contribution in [0.5, 0.6) is 0 Å². The minimum Gasteiger partial charge on any atom is -0.447 e. The minimum atomic E-state index is -2.58. The molecule has 3 rings (SSSR count). The fraction of sp³-hybridized carbons (Fsp3) is 0.450. The highest BCUT2D eigenvalue weighted by atomic mass is 19.3. The third kappa shape index (κ3) is 5.60. The molecule has 0 unspecified atom stereocenters. The molecule has 9 heteroatoms. The number of alkyl halides is 2. The summed E-state index contributed by atoms with van der Waals surface area (Å²) in [5, 5.41) is 2.84. The number of carbonyl (C=O) groups excluding carboxylic acids is 1. The van der Waals surface area contributed by atoms with E-state index in [2.05, 4.69) is 15.3 Å². The van der Waals surface area contributed by atoms with Crippen molar-refractivity contribution in [2.45, 2.75) is 25.3 Å². The second-order valence-electron chi connectivity index (χ2n) is 6.68. The molecule has 0 aliphatic carbocycles. The number of hydrogen-bond acceptors (Lipinski definition) is 6. The zero-order valence-corrected chi connectivity index (χ0v) is 16.2. The van der Waals surface area contributed by atoms with E-state index in [4.69, 9.17) is 9.47 Å². The summed E-state index contributed by atoms with van der Waals surface area (Å²) in [5.74, 6) is 0.632. The van der Waals surface area contributed by atoms with Crippen molar-refractivity contribution in [3.8, 4) is 11.3 Å². The van der Waals surface area contributed by atoms with Gasteiger partial charge >= 0.3 is 6.09 Å². The fourth-order valence-electron chi connectivity index (χ4n) is 3.24. The third-order valence-electron chi connectivity index (χ3n) is 4.76. The van der Waals surface area contributed by atoms with Crippen LogP contribution >= 0.6 is 0 Å². The molecule has 1 aliphatic heterocycles. The van der Waals surface area contributed by atoms with Crippen LogP contribution in [0.15, 0.2) is 36.7 Å². The van der Waals surface area contributed by atoms with Crippen molar-refractivity contribution in [3.63, 3.8) is 0 Å². The van der Waals surface area contributed by atoms with Gasteiger partial charge in [0.25, 0.3) is 6.43 Å². The number of carbonyl (C=O) groups is 1. The van der Waals surface area contributed by atoms with Gasteiger partial charge in [-0.05, 0) is 12.8 Å². The van der Waals surface area contributed by atoms with Crippen LogP contribution in [-0.2, 0) is 9.47 Å². The molecule has 7 nitrogen and oxygen atoms in total. The largest absolute Gasteiger partial charge is 0.447 e. The highest BCUT2D eigenvalue weighted by Gasteiger charge is 2.23. The van der Waals surface area contributed by atoms with Gasteiger partial charge in [-0.1, -0.05) is 24.3 Å². The number of piperidine rings is 1. The molecule has 29 heavy (non-hydrogen) atoms. The average molecular weight is 406 g/mol. The van der Waals surface area contributed by atoms with Crippen molar-refractivity contribution in [2.24, 2.45) is 0 Å². The van der Waals surface area contributed by atoms with E-state index in [1.807, 2.05) is 4.90 Å². The number of nitrogens with one attached hydrogen (secondary N) is 1. The van der Waals surface area contributed by atoms with E-state index in [-0.39, 0.29) is 18.2 Å². The normalized spacial score (nSPS) is 14.8. The second kappa shape index (κ2) is 10.1. The molecule has 1 aliphatic rings. The number of amides is 1. The van der Waals surface area contributed by atoms with Gasteiger partial charge < -0.3 is 19.7 Å². The molecule has 1 fully saturated rings. The lowest BCUT2D eigenvalue weighted by molar-refractivity contribution is 0.0956. The summed E-state index contributed by atoms with van der Waals surface area (Å²) in [6, 6.07) is 6.33. The summed E-state index contributed by atoms with van der Waals surface area (Å²) >= 11 is 0. The Morgan fingerprint density at radius 3 is 2.72 bits per heavy atom. The van der Waals surface area contributed by atoms with E-state index in [1.54, 1.807) is 31.5 Å². The Balaban J connectivity index is 1.61. The van der Waals surface area contributed by atoms with Gasteiger partial charge in [0.15, 0.2) is 0 Å². The maximum absolute atomic E-state index is 13.3. The fourth-order valence-corrected chi connectivity index (χ4v) is 3.24. The van der Waals surface area contributed by atoms with E-state index in [1.165, 1.54) is 12.3 Å². The van der Waals surface area contributed by atoms with Crippen LogP contribution < -0.4 is 10.2 Å². The van der Waals surface area contributed by atoms with Crippen LogP contribution in [0.25, 0.3) is 11.3 Å². The molecule has 1 aromatic carbocycles. The first kappa shape index (κ1) is 20.9. The lowest BCUT2D eigenvalue weighted by atomic mass is 10.0. The summed E-state index contributed by atoms with van der Waals surface area (Å²) in [6.45, 7) is 1.90. The highest BCUT2D eigenvalue weighted by molar-refractivity contribution is 5.67. The average Bonchev–Trinajstić information content (AvgIpc) is 2.74. The van der Waals surface area contributed by atoms with Crippen molar-refractivity contribution in [3.05, 3.63) is 42.2 Å². The maximum atomic E-state index is 13.3. The van der Waals surface area contributed by atoms with E-state index in [0.717, 1.165) is 12.8 Å². The maximum Gasteiger partial charge on any atom is 0.407 e. The summed E-state index contributed by atoms with van der Waals surface area (Å²) in [4.78, 5) is 22.5. The molecule has 0 atom stereocenters. The predicted molar refractivity (Wildman–Crippen MR) is 104 cm³/mol. The van der Waals surface area contributed by atoms with E-state index < -0.39 is 12.5 Å². The molecule has 2 aromatic rings. The lowest BCUT2D eigenvalue weighted by Gasteiger charge is -2.32. The second-order valence-corrected chi connectivity index (χ2v) is 6.68. The Hall–Kier alpha value is -2.81. The molecular formula is C20H24F2N4O3. The number of halogens is 2. The Kier molecular flexibility index (Phi) is 7.29. The topological polar surface area (TPSA) is 76.6 Å². The quantitative estimate of drug-likeness (QED) is 0.710. The number of ether oxygens (including phenoxy) is 2. The molecule has 1 N–H and O–H groups in total. The van der Waals surface area contributed by atoms with Crippen LogP contribution in [0, 0.1) is 0 Å². The number of rotatable bonds is 7. The molecular weight excluding hydrogens is 382 g/mol. The number of anilines is 1. The smallest absolute Gasteiger partial charge is 0.407 e. The Bertz CT molecular complexity index is 814. The molecule has 0 saturated carbocycles. The standard InChI is InChI=1S/C20H24F2N4O3/c1-28-10-11-29-20(27)24-14-6-8-26(9-7-14)18-13-23-12-17(25-18)15-4-2-3-5-16(15)19(21)22/h2-5,12-14,19H,6-11H2,1H3,(H,24,27). The molecule has 1 saturated heterocycles. The number of hydrogen-bond donors (Lipinski definition) is 1. The van der Waals surface area contributed by atoms with Crippen molar-refractivity contribution in [2.75, 3.05) is 38.3 Å². The molecule has 1 amide bonds. The van der Waals surface area contributed by atoms with Crippen LogP contribution in [0.4, 0.5) is 19.4 Å². The van der Waals surface area contributed by atoms with Crippen LogP contribution in [0.1, 0.15) is 24.8 Å². The summed E-state index contributed by atoms with van der Waals surface area (Å²) < 4.78 is 36.5. The molecule has 0 radical (unpaired) electrons. The Morgan fingerprint density at radius 2 is 2.00 bits per heavy atom. The monoisotopic (exact) mass is 406 g/mol. The number of nitrogens with zero attached hydrogens (tertiary/aromatic N) is 3. The van der Waals surface area contributed by atoms with E-state index >= 15 is 0 Å². The zero-order valence-electron chi connectivity index (χ0n) is 16.2. The van der Waals surface area contributed by atoms with Gasteiger partial charge in [-0.3, -0.25) is 4.98 Å². The molecule has 156 valence electrons. The number of benzene rings is 1. The number of alkyl carbamates (subject to hydrolysis) is 1. The highest BCUT2D eigenvalue weighted by Crippen LogP contribution is 2.30. The van der Waals surface area contributed by atoms with Gasteiger partial charge in [0.2, 0.25) is 0 Å². The first-order valence-electron chi connectivity index (χ1n) is 9.45. The lowest BCUT2D eigenvalue weighted by Crippen LogP contribution is -2.45. The van der Waals surface area contributed by atoms with Crippen LogP contribution in [-0.4, -0.2) is 55.5 Å². The third-order valence-corrected chi connectivity index (χ3v) is 4.76. The number of methoxy groups -OCH3 is 1. The predicted octanol–water partition coefficient (Wildman–Crippen LogP) is 3.42. The molecule has 0 spiro atoms. The first-order valence-corrected chi connectivity index (χ1v) is 9.45. The van der Waals surface area contributed by atoms with Gasteiger partial charge in [0.1, 0.15) is 12.4 Å². The first-order chi connectivity index (χ1) is 14.1. The molecule has 0 bridgehead atoms. The van der Waals surface area contributed by atoms with Gasteiger partial charge in [-0.2, -0.15) is 0 Å². The molecule has 1 aromatic heterocycles. The van der Waals surface area contributed by atoms with Crippen LogP contribution in [0.3, 0.4) is 0 Å². The van der Waals surface area contributed by atoms with Crippen molar-refractivity contribution < 1.29 is 23.0 Å². The summed E-state index contributed by atoms with van der Waals surface area (Å²) in [7, 11) is 1.54. The van der Waals surface area contributed by atoms with E-state index in [0.29, 0.717) is 36.8 Å². The molecule has 2 heterocycles. The Labute approximate surface area is 168 Å². The Morgan fingerprint density at radius 1 is 1.24 bits per heavy atom. The van der Waals surface area contributed by atoms with Gasteiger partial charge in [0.05, 0.1) is 24.7 Å². The van der Waals surface area contributed by atoms with Crippen LogP contribution in [0.2, 0.25) is 0 Å². The summed E-state index contributed by atoms with van der Waals surface area (Å²) in [5.41, 5.74) is 0.737. The van der Waals surface area contributed by atoms with Crippen molar-refractivity contribution in [1.82, 2.24) is 15.3 Å². The van der Waals surface area contributed by atoms with Crippen molar-refractivity contribution >= 4 is 11.9 Å². The van der Waals surface area contributed by atoms with E-state index in [9.17, 15) is 13.6 Å². The number of aromatic nitrogens is 2. The van der Waals surface area contributed by atoms with Gasteiger partial charge in [0, 0.05) is 37.4 Å². The van der Waals surface area contributed by atoms with Crippen molar-refractivity contribution in [1.29, 1.82) is 0 Å². The zero-order chi connectivity index (χ0) is 20.6. The summed E-state index contributed by atoms with van der Waals surface area (Å²) in [6.07, 6.45) is 1.53.